The summed E-state index contributed by atoms with van der Waals surface area (Å²) in [5.74, 6) is 0. The number of rotatable bonds is 4. The van der Waals surface area contributed by atoms with Crippen molar-refractivity contribution < 1.29 is 4.80 Å². The number of hydrogen-bond acceptors (Lipinski definition) is 1. The molecule has 1 aromatic carbocycles. The zero-order valence-electron chi connectivity index (χ0n) is 11.0. The average Bonchev–Trinajstić information content (AvgIpc) is 2.25. The Morgan fingerprint density at radius 3 is 2.12 bits per heavy atom. The van der Waals surface area contributed by atoms with Crippen molar-refractivity contribution >= 4 is 13.5 Å². The predicted octanol–water partition coefficient (Wildman–Crippen LogP) is 3.43. The summed E-state index contributed by atoms with van der Waals surface area (Å²) in [6.45, 7) is 8.69. The molecule has 1 nitrogen and oxygen atoms in total. The molecule has 16 heavy (non-hydrogen) atoms. The van der Waals surface area contributed by atoms with Gasteiger partial charge in [0.1, 0.15) is 0 Å². The van der Waals surface area contributed by atoms with Crippen molar-refractivity contribution in [1.29, 1.82) is 0 Å². The molecule has 1 atom stereocenters. The molecular weight excluding hydrogens is 212 g/mol. The Labute approximate surface area is 101 Å². The van der Waals surface area contributed by atoms with Gasteiger partial charge in [0, 0.05) is 0 Å². The molecule has 0 radical (unpaired) electrons. The van der Waals surface area contributed by atoms with Crippen molar-refractivity contribution in [1.82, 2.24) is 0 Å². The molecule has 0 heterocycles. The molecule has 0 unspecified atom stereocenters. The third kappa shape index (κ3) is 2.74. The summed E-state index contributed by atoms with van der Waals surface area (Å²) in [7, 11) is -2.35. The lowest BCUT2D eigenvalue weighted by atomic mass is 10.2. The first-order chi connectivity index (χ1) is 7.42. The van der Waals surface area contributed by atoms with Gasteiger partial charge in [0.15, 0.2) is 0 Å². The first-order valence-electron chi connectivity index (χ1n) is 6.19. The molecule has 1 N–H and O–H groups in total. The highest BCUT2D eigenvalue weighted by Crippen LogP contribution is 2.37. The van der Waals surface area contributed by atoms with Crippen LogP contribution in [-0.2, 0) is 0 Å². The van der Waals surface area contributed by atoms with Gasteiger partial charge in [0.2, 0.25) is 8.32 Å². The molecule has 1 rings (SSSR count). The molecule has 0 bridgehead atoms. The van der Waals surface area contributed by atoms with Gasteiger partial charge in [-0.25, -0.2) is 0 Å². The Bertz CT molecular complexity index is 315. The molecule has 0 aromatic heterocycles. The molecule has 0 aliphatic carbocycles. The van der Waals surface area contributed by atoms with Crippen LogP contribution in [0.15, 0.2) is 30.3 Å². The van der Waals surface area contributed by atoms with E-state index < -0.39 is 8.32 Å². The minimum atomic E-state index is -2.35. The molecular formula is C14H24OSi. The molecule has 1 aromatic rings. The number of unbranched alkanes of at least 4 members (excludes halogenated alkanes) is 1. The summed E-state index contributed by atoms with van der Waals surface area (Å²) in [6, 6.07) is 11.2. The Morgan fingerprint density at radius 2 is 1.69 bits per heavy atom. The Morgan fingerprint density at radius 1 is 1.12 bits per heavy atom. The third-order valence-corrected chi connectivity index (χ3v) is 8.23. The highest BCUT2D eigenvalue weighted by Gasteiger charge is 2.44. The van der Waals surface area contributed by atoms with E-state index in [2.05, 4.69) is 39.8 Å². The standard InChI is InChI=1S/C14H24OSi/c1-5-6-12-16(15,14(2,3)4)13-10-8-7-9-11-13/h7-11,15H,5-6,12H2,1-4H3/t16-/m1/s1. The fourth-order valence-corrected chi connectivity index (χ4v) is 5.61. The highest BCUT2D eigenvalue weighted by molar-refractivity contribution is 6.87. The van der Waals surface area contributed by atoms with Crippen LogP contribution < -0.4 is 5.19 Å². The van der Waals surface area contributed by atoms with Gasteiger partial charge in [0.25, 0.3) is 0 Å². The molecule has 2 heteroatoms. The molecule has 90 valence electrons. The summed E-state index contributed by atoms with van der Waals surface area (Å²) >= 11 is 0. The lowest BCUT2D eigenvalue weighted by Gasteiger charge is -2.38. The summed E-state index contributed by atoms with van der Waals surface area (Å²) in [6.07, 6.45) is 2.27. The number of benzene rings is 1. The average molecular weight is 236 g/mol. The van der Waals surface area contributed by atoms with E-state index in [0.717, 1.165) is 18.9 Å². The summed E-state index contributed by atoms with van der Waals surface area (Å²) in [4.78, 5) is 11.1. The molecule has 0 saturated heterocycles. The smallest absolute Gasteiger partial charge is 0.225 e. The third-order valence-electron chi connectivity index (χ3n) is 3.38. The zero-order valence-corrected chi connectivity index (χ0v) is 12.0. The zero-order chi connectivity index (χ0) is 12.2. The SMILES string of the molecule is CCCC[Si@@](O)(c1ccccc1)C(C)(C)C. The van der Waals surface area contributed by atoms with E-state index in [0.29, 0.717) is 0 Å². The molecule has 0 amide bonds. The van der Waals surface area contributed by atoms with Crippen LogP contribution in [0.3, 0.4) is 0 Å². The predicted molar refractivity (Wildman–Crippen MR) is 73.5 cm³/mol. The van der Waals surface area contributed by atoms with E-state index in [1.807, 2.05) is 18.2 Å². The van der Waals surface area contributed by atoms with Crippen molar-refractivity contribution in [3.05, 3.63) is 30.3 Å². The topological polar surface area (TPSA) is 20.2 Å². The minimum Gasteiger partial charge on any atom is -0.427 e. The maximum absolute atomic E-state index is 11.1. The van der Waals surface area contributed by atoms with Gasteiger partial charge < -0.3 is 4.80 Å². The second-order valence-corrected chi connectivity index (χ2v) is 9.88. The normalized spacial score (nSPS) is 15.8. The van der Waals surface area contributed by atoms with E-state index >= 15 is 0 Å². The van der Waals surface area contributed by atoms with Gasteiger partial charge in [-0.05, 0) is 16.3 Å². The lowest BCUT2D eigenvalue weighted by Crippen LogP contribution is -2.55. The molecule has 0 saturated carbocycles. The van der Waals surface area contributed by atoms with Crippen LogP contribution >= 0.6 is 0 Å². The first kappa shape index (κ1) is 13.5. The van der Waals surface area contributed by atoms with Crippen LogP contribution in [-0.4, -0.2) is 13.1 Å². The van der Waals surface area contributed by atoms with Gasteiger partial charge >= 0.3 is 0 Å². The molecule has 0 fully saturated rings. The largest absolute Gasteiger partial charge is 0.427 e. The molecule has 0 aliphatic heterocycles. The maximum atomic E-state index is 11.1. The van der Waals surface area contributed by atoms with E-state index in [4.69, 9.17) is 0 Å². The molecule has 0 aliphatic rings. The fraction of sp³-hybridized carbons (Fsp3) is 0.571. The van der Waals surface area contributed by atoms with Gasteiger partial charge in [-0.3, -0.25) is 0 Å². The second-order valence-electron chi connectivity index (χ2n) is 5.58. The van der Waals surface area contributed by atoms with Crippen LogP contribution in [0, 0.1) is 0 Å². The van der Waals surface area contributed by atoms with Crippen molar-refractivity contribution in [3.8, 4) is 0 Å². The fourth-order valence-electron chi connectivity index (χ4n) is 2.10. The van der Waals surface area contributed by atoms with Crippen molar-refractivity contribution in [2.45, 2.75) is 51.6 Å². The van der Waals surface area contributed by atoms with Crippen molar-refractivity contribution in [3.63, 3.8) is 0 Å². The van der Waals surface area contributed by atoms with Crippen LogP contribution in [0.25, 0.3) is 0 Å². The summed E-state index contributed by atoms with van der Waals surface area (Å²) in [5.41, 5.74) is 0. The Hall–Kier alpha value is -0.603. The maximum Gasteiger partial charge on any atom is 0.225 e. The second kappa shape index (κ2) is 5.15. The Balaban J connectivity index is 3.05. The van der Waals surface area contributed by atoms with E-state index in [1.54, 1.807) is 0 Å². The van der Waals surface area contributed by atoms with E-state index in [-0.39, 0.29) is 5.04 Å². The van der Waals surface area contributed by atoms with Gasteiger partial charge in [-0.1, -0.05) is 70.9 Å². The van der Waals surface area contributed by atoms with Crippen LogP contribution in [0.5, 0.6) is 0 Å². The van der Waals surface area contributed by atoms with Gasteiger partial charge in [-0.2, -0.15) is 0 Å². The minimum absolute atomic E-state index is 0.00350. The van der Waals surface area contributed by atoms with Crippen molar-refractivity contribution in [2.75, 3.05) is 0 Å². The van der Waals surface area contributed by atoms with Gasteiger partial charge in [0.05, 0.1) is 0 Å². The highest BCUT2D eigenvalue weighted by atomic mass is 28.4. The summed E-state index contributed by atoms with van der Waals surface area (Å²) in [5, 5.41) is 1.18. The lowest BCUT2D eigenvalue weighted by molar-refractivity contribution is 0.480. The monoisotopic (exact) mass is 236 g/mol. The van der Waals surface area contributed by atoms with Gasteiger partial charge in [-0.15, -0.1) is 0 Å². The summed E-state index contributed by atoms with van der Waals surface area (Å²) < 4.78 is 0. The quantitative estimate of drug-likeness (QED) is 0.794. The Kier molecular flexibility index (Phi) is 4.33. The van der Waals surface area contributed by atoms with Crippen LogP contribution in [0.4, 0.5) is 0 Å². The molecule has 0 spiro atoms. The van der Waals surface area contributed by atoms with E-state index in [9.17, 15) is 4.80 Å². The first-order valence-corrected chi connectivity index (χ1v) is 8.35. The van der Waals surface area contributed by atoms with Crippen molar-refractivity contribution in [2.24, 2.45) is 0 Å². The van der Waals surface area contributed by atoms with Crippen LogP contribution in [0.1, 0.15) is 40.5 Å². The van der Waals surface area contributed by atoms with Crippen LogP contribution in [0.2, 0.25) is 11.1 Å². The van der Waals surface area contributed by atoms with E-state index in [1.165, 1.54) is 5.19 Å². The number of hydrogen-bond donors (Lipinski definition) is 1.